The molecular weight excluding hydrogens is 366 g/mol. The number of piperazine rings is 1. The molecular formula is C17H19N7O2S. The highest BCUT2D eigenvalue weighted by molar-refractivity contribution is 7.13. The van der Waals surface area contributed by atoms with Crippen molar-refractivity contribution < 1.29 is 9.90 Å². The summed E-state index contributed by atoms with van der Waals surface area (Å²) in [5, 5.41) is 22.6. The number of amides is 1. The zero-order chi connectivity index (χ0) is 18.4. The van der Waals surface area contributed by atoms with Crippen LogP contribution < -0.4 is 15.5 Å². The Kier molecular flexibility index (Phi) is 4.03. The summed E-state index contributed by atoms with van der Waals surface area (Å²) < 4.78 is 1.70. The average molecular weight is 385 g/mol. The van der Waals surface area contributed by atoms with Crippen molar-refractivity contribution in [1.29, 1.82) is 0 Å². The van der Waals surface area contributed by atoms with Crippen molar-refractivity contribution in [3.63, 3.8) is 0 Å². The van der Waals surface area contributed by atoms with E-state index in [9.17, 15) is 4.79 Å². The van der Waals surface area contributed by atoms with Gasteiger partial charge in [0.1, 0.15) is 10.7 Å². The maximum Gasteiger partial charge on any atom is 0.255 e. The van der Waals surface area contributed by atoms with Gasteiger partial charge < -0.3 is 20.6 Å². The fraction of sp³-hybridized carbons (Fsp3) is 0.412. The largest absolute Gasteiger partial charge is 0.395 e. The molecule has 27 heavy (non-hydrogen) atoms. The highest BCUT2D eigenvalue weighted by atomic mass is 32.1. The quantitative estimate of drug-likeness (QED) is 0.573. The average Bonchev–Trinajstić information content (AvgIpc) is 3.34. The topological polar surface area (TPSA) is 108 Å². The van der Waals surface area contributed by atoms with Crippen LogP contribution in [0.3, 0.4) is 0 Å². The number of hydrogen-bond acceptors (Lipinski definition) is 8. The van der Waals surface area contributed by atoms with Gasteiger partial charge in [-0.15, -0.1) is 16.4 Å². The van der Waals surface area contributed by atoms with Crippen molar-refractivity contribution in [2.75, 3.05) is 31.1 Å². The molecule has 0 aromatic carbocycles. The first kappa shape index (κ1) is 16.6. The third kappa shape index (κ3) is 2.85. The lowest BCUT2D eigenvalue weighted by molar-refractivity contribution is 0.0946. The third-order valence-corrected chi connectivity index (χ3v) is 5.77. The number of nitrogens with one attached hydrogen (secondary N) is 2. The summed E-state index contributed by atoms with van der Waals surface area (Å²) in [7, 11) is 0. The second-order valence-electron chi connectivity index (χ2n) is 6.80. The molecule has 6 rings (SSSR count). The molecule has 3 N–H and O–H groups in total. The van der Waals surface area contributed by atoms with Gasteiger partial charge in [0.05, 0.1) is 12.2 Å². The molecule has 10 heteroatoms. The fourth-order valence-electron chi connectivity index (χ4n) is 3.72. The highest BCUT2D eigenvalue weighted by Crippen LogP contribution is 2.28. The molecule has 140 valence electrons. The van der Waals surface area contributed by atoms with E-state index in [-0.39, 0.29) is 19.1 Å². The summed E-state index contributed by atoms with van der Waals surface area (Å²) >= 11 is 1.51. The van der Waals surface area contributed by atoms with E-state index in [4.69, 9.17) is 15.2 Å². The molecule has 3 saturated heterocycles. The molecule has 3 aromatic heterocycles. The summed E-state index contributed by atoms with van der Waals surface area (Å²) in [6.45, 7) is 1.82. The van der Waals surface area contributed by atoms with Crippen molar-refractivity contribution >= 4 is 28.8 Å². The van der Waals surface area contributed by atoms with E-state index in [1.807, 2.05) is 11.4 Å². The van der Waals surface area contributed by atoms with Crippen LogP contribution in [0.15, 0.2) is 23.7 Å². The van der Waals surface area contributed by atoms with Crippen LogP contribution in [0.1, 0.15) is 16.8 Å². The third-order valence-electron chi connectivity index (χ3n) is 4.97. The number of rotatable bonds is 5. The molecule has 1 amide bonds. The first-order chi connectivity index (χ1) is 13.2. The number of hydrogen-bond donors (Lipinski definition) is 3. The van der Waals surface area contributed by atoms with Crippen molar-refractivity contribution in [2.24, 2.45) is 0 Å². The van der Waals surface area contributed by atoms with Gasteiger partial charge in [-0.2, -0.15) is 4.98 Å². The van der Waals surface area contributed by atoms with Gasteiger partial charge in [0.25, 0.3) is 5.91 Å². The lowest BCUT2D eigenvalue weighted by atomic mass is 9.92. The maximum atomic E-state index is 12.5. The number of aromatic nitrogens is 4. The minimum atomic E-state index is -0.276. The van der Waals surface area contributed by atoms with Gasteiger partial charge in [0.2, 0.25) is 5.95 Å². The number of nitrogens with zero attached hydrogens (tertiary/aromatic N) is 5. The number of thiazole rings is 1. The van der Waals surface area contributed by atoms with E-state index >= 15 is 0 Å². The molecule has 0 saturated carbocycles. The second-order valence-corrected chi connectivity index (χ2v) is 7.69. The number of pyridine rings is 1. The SMILES string of the molecule is O=C(NCCO)c1ccc(-c2nccs2)n2nc(N3CC4CC(C3)N4)nc12. The standard InChI is InChI=1S/C17H19N7O2S/c25-5-3-18-15(26)12-1-2-13(16-19-4-6-27-16)24-14(12)21-17(22-24)23-8-10-7-11(9-23)20-10/h1-2,4,6,10-11,20,25H,3,5,7-9H2,(H,18,26). The van der Waals surface area contributed by atoms with E-state index < -0.39 is 0 Å². The van der Waals surface area contributed by atoms with E-state index in [0.717, 1.165) is 23.8 Å². The molecule has 3 aromatic rings. The van der Waals surface area contributed by atoms with Crippen LogP contribution in [0.5, 0.6) is 0 Å². The van der Waals surface area contributed by atoms with E-state index in [1.54, 1.807) is 16.8 Å². The summed E-state index contributed by atoms with van der Waals surface area (Å²) in [6.07, 6.45) is 2.94. The van der Waals surface area contributed by atoms with Gasteiger partial charge in [-0.1, -0.05) is 0 Å². The number of piperidine rings is 1. The smallest absolute Gasteiger partial charge is 0.255 e. The molecule has 2 bridgehead atoms. The monoisotopic (exact) mass is 385 g/mol. The zero-order valence-electron chi connectivity index (χ0n) is 14.5. The number of fused-ring (bicyclic) bond motifs is 3. The summed E-state index contributed by atoms with van der Waals surface area (Å²) in [6, 6.07) is 4.56. The maximum absolute atomic E-state index is 12.5. The molecule has 3 aliphatic rings. The summed E-state index contributed by atoms with van der Waals surface area (Å²) in [5.74, 6) is 0.355. The van der Waals surface area contributed by atoms with Crippen molar-refractivity contribution in [2.45, 2.75) is 18.5 Å². The molecule has 0 radical (unpaired) electrons. The van der Waals surface area contributed by atoms with Crippen LogP contribution in [0, 0.1) is 0 Å². The highest BCUT2D eigenvalue weighted by Gasteiger charge is 2.38. The van der Waals surface area contributed by atoms with Crippen LogP contribution >= 0.6 is 11.3 Å². The Morgan fingerprint density at radius 1 is 1.37 bits per heavy atom. The van der Waals surface area contributed by atoms with Crippen LogP contribution in [0.2, 0.25) is 0 Å². The molecule has 0 spiro atoms. The van der Waals surface area contributed by atoms with Gasteiger partial charge in [-0.05, 0) is 18.6 Å². The molecule has 3 fully saturated rings. The summed E-state index contributed by atoms with van der Waals surface area (Å²) in [4.78, 5) is 23.8. The first-order valence-electron chi connectivity index (χ1n) is 8.92. The molecule has 3 aliphatic heterocycles. The molecule has 0 aliphatic carbocycles. The van der Waals surface area contributed by atoms with E-state index in [2.05, 4.69) is 20.5 Å². The Bertz CT molecular complexity index is 971. The second kappa shape index (κ2) is 6.55. The first-order valence-corrected chi connectivity index (χ1v) is 9.80. The van der Waals surface area contributed by atoms with E-state index in [0.29, 0.717) is 29.2 Å². The fourth-order valence-corrected chi connectivity index (χ4v) is 4.36. The number of anilines is 1. The number of aliphatic hydroxyl groups excluding tert-OH is 1. The Morgan fingerprint density at radius 2 is 2.19 bits per heavy atom. The number of carbonyl (C=O) groups excluding carboxylic acids is 1. The van der Waals surface area contributed by atoms with Gasteiger partial charge in [0, 0.05) is 43.3 Å². The minimum Gasteiger partial charge on any atom is -0.395 e. The number of aliphatic hydroxyl groups is 1. The predicted molar refractivity (Wildman–Crippen MR) is 101 cm³/mol. The Hall–Kier alpha value is -2.56. The van der Waals surface area contributed by atoms with Gasteiger partial charge in [0.15, 0.2) is 5.65 Å². The van der Waals surface area contributed by atoms with Crippen LogP contribution in [0.25, 0.3) is 16.3 Å². The normalized spacial score (nSPS) is 21.3. The van der Waals surface area contributed by atoms with E-state index in [1.165, 1.54) is 17.8 Å². The van der Waals surface area contributed by atoms with Crippen molar-refractivity contribution in [3.05, 3.63) is 29.3 Å². The van der Waals surface area contributed by atoms with Crippen LogP contribution in [0.4, 0.5) is 5.95 Å². The molecule has 9 nitrogen and oxygen atoms in total. The lowest BCUT2D eigenvalue weighted by Crippen LogP contribution is -2.67. The van der Waals surface area contributed by atoms with Gasteiger partial charge >= 0.3 is 0 Å². The number of carbonyl (C=O) groups is 1. The van der Waals surface area contributed by atoms with Gasteiger partial charge in [-0.3, -0.25) is 4.79 Å². The molecule has 2 atom stereocenters. The Balaban J connectivity index is 1.59. The van der Waals surface area contributed by atoms with Crippen LogP contribution in [-0.4, -0.2) is 68.9 Å². The van der Waals surface area contributed by atoms with Gasteiger partial charge in [-0.25, -0.2) is 9.50 Å². The van der Waals surface area contributed by atoms with Crippen LogP contribution in [-0.2, 0) is 0 Å². The molecule has 6 heterocycles. The zero-order valence-corrected chi connectivity index (χ0v) is 15.3. The molecule has 2 unspecified atom stereocenters. The predicted octanol–water partition coefficient (Wildman–Crippen LogP) is 0.125. The van der Waals surface area contributed by atoms with Crippen molar-refractivity contribution in [1.82, 2.24) is 30.2 Å². The Labute approximate surface area is 159 Å². The Morgan fingerprint density at radius 3 is 2.89 bits per heavy atom. The summed E-state index contributed by atoms with van der Waals surface area (Å²) in [5.41, 5.74) is 1.74. The lowest BCUT2D eigenvalue weighted by Gasteiger charge is -2.47. The van der Waals surface area contributed by atoms with Crippen molar-refractivity contribution in [3.8, 4) is 10.7 Å². The minimum absolute atomic E-state index is 0.110.